The zero-order valence-corrected chi connectivity index (χ0v) is 9.16. The summed E-state index contributed by atoms with van der Waals surface area (Å²) < 4.78 is 5.63. The Hall–Kier alpha value is -1.35. The Morgan fingerprint density at radius 1 is 1.47 bits per heavy atom. The molecule has 3 nitrogen and oxygen atoms in total. The van der Waals surface area contributed by atoms with Gasteiger partial charge in [0.1, 0.15) is 5.52 Å². The summed E-state index contributed by atoms with van der Waals surface area (Å²) >= 11 is 0. The first-order valence-electron chi connectivity index (χ1n) is 5.31. The Balaban J connectivity index is 2.35. The van der Waals surface area contributed by atoms with Crippen molar-refractivity contribution in [2.75, 3.05) is 0 Å². The molecule has 0 aliphatic heterocycles. The lowest BCUT2D eigenvalue weighted by Gasteiger charge is -2.03. The molecule has 2 aromatic rings. The van der Waals surface area contributed by atoms with Gasteiger partial charge in [0, 0.05) is 12.5 Å². The number of fused-ring (bicyclic) bond motifs is 1. The predicted octanol–water partition coefficient (Wildman–Crippen LogP) is 2.42. The molecule has 0 aliphatic carbocycles. The van der Waals surface area contributed by atoms with Crippen LogP contribution >= 0.6 is 0 Å². The minimum atomic E-state index is 0.137. The largest absolute Gasteiger partial charge is 0.441 e. The average Bonchev–Trinajstić information content (AvgIpc) is 2.62. The summed E-state index contributed by atoms with van der Waals surface area (Å²) in [5, 5.41) is 0. The second-order valence-electron chi connectivity index (χ2n) is 3.90. The van der Waals surface area contributed by atoms with Crippen LogP contribution in [0.3, 0.4) is 0 Å². The average molecular weight is 204 g/mol. The van der Waals surface area contributed by atoms with E-state index in [9.17, 15) is 0 Å². The number of hydrogen-bond donors (Lipinski definition) is 1. The third-order valence-electron chi connectivity index (χ3n) is 2.63. The number of rotatable bonds is 3. The molecular weight excluding hydrogens is 188 g/mol. The Morgan fingerprint density at radius 3 is 2.93 bits per heavy atom. The van der Waals surface area contributed by atoms with Crippen LogP contribution in [0.2, 0.25) is 0 Å². The predicted molar refractivity (Wildman–Crippen MR) is 60.7 cm³/mol. The fourth-order valence-electron chi connectivity index (χ4n) is 1.59. The van der Waals surface area contributed by atoms with Crippen molar-refractivity contribution in [3.8, 4) is 0 Å². The molecule has 80 valence electrons. The number of nitrogens with two attached hydrogens (primary N) is 1. The highest BCUT2D eigenvalue weighted by Crippen LogP contribution is 2.19. The monoisotopic (exact) mass is 204 g/mol. The van der Waals surface area contributed by atoms with Gasteiger partial charge in [0.2, 0.25) is 0 Å². The molecule has 2 N–H and O–H groups in total. The van der Waals surface area contributed by atoms with E-state index in [1.54, 1.807) is 0 Å². The van der Waals surface area contributed by atoms with Crippen molar-refractivity contribution in [3.05, 3.63) is 29.7 Å². The van der Waals surface area contributed by atoms with Gasteiger partial charge in [-0.15, -0.1) is 0 Å². The zero-order chi connectivity index (χ0) is 10.8. The summed E-state index contributed by atoms with van der Waals surface area (Å²) in [6, 6.07) is 6.09. The number of hydrogen-bond acceptors (Lipinski definition) is 3. The SMILES string of the molecule is CCC(N)Cc1nc2c(C)cccc2o1. The number of benzene rings is 1. The lowest BCUT2D eigenvalue weighted by atomic mass is 10.2. The van der Waals surface area contributed by atoms with E-state index >= 15 is 0 Å². The molecular formula is C12H16N2O. The van der Waals surface area contributed by atoms with Crippen LogP contribution in [0.15, 0.2) is 22.6 Å². The van der Waals surface area contributed by atoms with Crippen LogP contribution in [-0.4, -0.2) is 11.0 Å². The topological polar surface area (TPSA) is 52.0 Å². The summed E-state index contributed by atoms with van der Waals surface area (Å²) in [4.78, 5) is 4.45. The molecule has 0 amide bonds. The molecule has 0 aliphatic rings. The first kappa shape index (κ1) is 10.2. The number of aromatic nitrogens is 1. The summed E-state index contributed by atoms with van der Waals surface area (Å²) in [5.74, 6) is 0.744. The maximum Gasteiger partial charge on any atom is 0.197 e. The van der Waals surface area contributed by atoms with Gasteiger partial charge in [-0.3, -0.25) is 0 Å². The molecule has 0 saturated heterocycles. The van der Waals surface area contributed by atoms with E-state index in [0.717, 1.165) is 29.0 Å². The summed E-state index contributed by atoms with van der Waals surface area (Å²) in [5.41, 5.74) is 8.82. The fraction of sp³-hybridized carbons (Fsp3) is 0.417. The standard InChI is InChI=1S/C12H16N2O/c1-3-9(13)7-11-14-12-8(2)5-4-6-10(12)15-11/h4-6,9H,3,7,13H2,1-2H3. The lowest BCUT2D eigenvalue weighted by molar-refractivity contribution is 0.491. The molecule has 0 spiro atoms. The molecule has 0 radical (unpaired) electrons. The van der Waals surface area contributed by atoms with Crippen molar-refractivity contribution in [2.24, 2.45) is 5.73 Å². The van der Waals surface area contributed by atoms with E-state index < -0.39 is 0 Å². The van der Waals surface area contributed by atoms with Crippen LogP contribution in [0.1, 0.15) is 24.8 Å². The van der Waals surface area contributed by atoms with Crippen molar-refractivity contribution >= 4 is 11.1 Å². The number of oxazole rings is 1. The highest BCUT2D eigenvalue weighted by molar-refractivity contribution is 5.76. The Labute approximate surface area is 89.3 Å². The normalized spacial score (nSPS) is 13.3. The minimum absolute atomic E-state index is 0.137. The lowest BCUT2D eigenvalue weighted by Crippen LogP contribution is -2.21. The Morgan fingerprint density at radius 2 is 2.27 bits per heavy atom. The molecule has 1 aromatic carbocycles. The zero-order valence-electron chi connectivity index (χ0n) is 9.16. The van der Waals surface area contributed by atoms with Crippen LogP contribution in [0.5, 0.6) is 0 Å². The van der Waals surface area contributed by atoms with Gasteiger partial charge >= 0.3 is 0 Å². The Bertz CT molecular complexity index is 462. The van der Waals surface area contributed by atoms with E-state index in [1.165, 1.54) is 0 Å². The molecule has 0 fully saturated rings. The van der Waals surface area contributed by atoms with Gasteiger partial charge in [-0.25, -0.2) is 4.98 Å². The number of nitrogens with zero attached hydrogens (tertiary/aromatic N) is 1. The second kappa shape index (κ2) is 4.03. The fourth-order valence-corrected chi connectivity index (χ4v) is 1.59. The first-order chi connectivity index (χ1) is 7.20. The van der Waals surface area contributed by atoms with Crippen LogP contribution in [0, 0.1) is 6.92 Å². The smallest absolute Gasteiger partial charge is 0.197 e. The highest BCUT2D eigenvalue weighted by Gasteiger charge is 2.10. The van der Waals surface area contributed by atoms with E-state index in [1.807, 2.05) is 25.1 Å². The summed E-state index contributed by atoms with van der Waals surface area (Å²) in [6.07, 6.45) is 1.66. The number of aryl methyl sites for hydroxylation is 1. The van der Waals surface area contributed by atoms with Crippen LogP contribution in [0.25, 0.3) is 11.1 Å². The van der Waals surface area contributed by atoms with E-state index in [4.69, 9.17) is 10.2 Å². The minimum Gasteiger partial charge on any atom is -0.441 e. The van der Waals surface area contributed by atoms with Gasteiger partial charge in [0.15, 0.2) is 11.5 Å². The Kier molecular flexibility index (Phi) is 2.73. The van der Waals surface area contributed by atoms with Crippen molar-refractivity contribution in [2.45, 2.75) is 32.7 Å². The molecule has 0 saturated carbocycles. The van der Waals surface area contributed by atoms with Crippen molar-refractivity contribution in [1.82, 2.24) is 4.98 Å². The van der Waals surface area contributed by atoms with Crippen molar-refractivity contribution in [1.29, 1.82) is 0 Å². The van der Waals surface area contributed by atoms with Gasteiger partial charge in [-0.2, -0.15) is 0 Å². The molecule has 2 rings (SSSR count). The van der Waals surface area contributed by atoms with Gasteiger partial charge < -0.3 is 10.2 Å². The molecule has 1 atom stereocenters. The molecule has 3 heteroatoms. The van der Waals surface area contributed by atoms with Gasteiger partial charge in [0.05, 0.1) is 0 Å². The quantitative estimate of drug-likeness (QED) is 0.835. The van der Waals surface area contributed by atoms with E-state index in [0.29, 0.717) is 6.42 Å². The third kappa shape index (κ3) is 2.02. The van der Waals surface area contributed by atoms with Gasteiger partial charge in [-0.05, 0) is 25.0 Å². The van der Waals surface area contributed by atoms with E-state index in [2.05, 4.69) is 11.9 Å². The van der Waals surface area contributed by atoms with Crippen molar-refractivity contribution in [3.63, 3.8) is 0 Å². The molecule has 1 aromatic heterocycles. The maximum atomic E-state index is 5.86. The van der Waals surface area contributed by atoms with Crippen LogP contribution in [-0.2, 0) is 6.42 Å². The van der Waals surface area contributed by atoms with E-state index in [-0.39, 0.29) is 6.04 Å². The second-order valence-corrected chi connectivity index (χ2v) is 3.90. The molecule has 0 bridgehead atoms. The van der Waals surface area contributed by atoms with Crippen LogP contribution in [0.4, 0.5) is 0 Å². The molecule has 15 heavy (non-hydrogen) atoms. The third-order valence-corrected chi connectivity index (χ3v) is 2.63. The highest BCUT2D eigenvalue weighted by atomic mass is 16.3. The summed E-state index contributed by atoms with van der Waals surface area (Å²) in [6.45, 7) is 4.10. The number of para-hydroxylation sites is 1. The maximum absolute atomic E-state index is 5.86. The van der Waals surface area contributed by atoms with Crippen LogP contribution < -0.4 is 5.73 Å². The van der Waals surface area contributed by atoms with Gasteiger partial charge in [0.25, 0.3) is 0 Å². The molecule has 1 unspecified atom stereocenters. The van der Waals surface area contributed by atoms with Crippen molar-refractivity contribution < 1.29 is 4.42 Å². The first-order valence-corrected chi connectivity index (χ1v) is 5.31. The molecule has 1 heterocycles. The summed E-state index contributed by atoms with van der Waals surface area (Å²) in [7, 11) is 0. The van der Waals surface area contributed by atoms with Gasteiger partial charge in [-0.1, -0.05) is 19.1 Å².